The molecule has 0 spiro atoms. The van der Waals surface area contributed by atoms with Gasteiger partial charge in [-0.25, -0.2) is 0 Å². The van der Waals surface area contributed by atoms with E-state index in [1.165, 1.54) is 0 Å². The summed E-state index contributed by atoms with van der Waals surface area (Å²) in [4.78, 5) is 29.0. The van der Waals surface area contributed by atoms with Crippen molar-refractivity contribution in [1.29, 1.82) is 0 Å². The minimum absolute atomic E-state index is 0.0998. The summed E-state index contributed by atoms with van der Waals surface area (Å²) in [6.45, 7) is 5.17. The van der Waals surface area contributed by atoms with Crippen LogP contribution in [0.25, 0.3) is 10.9 Å². The van der Waals surface area contributed by atoms with Gasteiger partial charge in [0, 0.05) is 56.4 Å². The second-order valence-electron chi connectivity index (χ2n) is 7.91. The molecule has 1 fully saturated rings. The van der Waals surface area contributed by atoms with Crippen molar-refractivity contribution in [3.8, 4) is 0 Å². The molecule has 0 radical (unpaired) electrons. The van der Waals surface area contributed by atoms with Gasteiger partial charge < -0.3 is 14.7 Å². The summed E-state index contributed by atoms with van der Waals surface area (Å²) < 4.78 is 0. The average molecular weight is 387 g/mol. The van der Waals surface area contributed by atoms with E-state index >= 15 is 0 Å². The van der Waals surface area contributed by atoms with Crippen LogP contribution in [0.15, 0.2) is 48.7 Å². The minimum Gasteiger partial charge on any atom is -0.368 e. The first kappa shape index (κ1) is 18.1. The van der Waals surface area contributed by atoms with Gasteiger partial charge in [-0.15, -0.1) is 0 Å². The highest BCUT2D eigenvalue weighted by Gasteiger charge is 2.33. The van der Waals surface area contributed by atoms with Gasteiger partial charge in [0.05, 0.1) is 29.0 Å². The molecule has 0 N–H and O–H groups in total. The van der Waals surface area contributed by atoms with Crippen LogP contribution < -0.4 is 4.90 Å². The normalized spacial score (nSPS) is 17.2. The van der Waals surface area contributed by atoms with E-state index in [0.717, 1.165) is 66.1 Å². The summed E-state index contributed by atoms with van der Waals surface area (Å²) in [6, 6.07) is 14.3. The zero-order valence-corrected chi connectivity index (χ0v) is 16.7. The summed E-state index contributed by atoms with van der Waals surface area (Å²) in [7, 11) is 2.14. The van der Waals surface area contributed by atoms with Gasteiger partial charge in [0.15, 0.2) is 0 Å². The summed E-state index contributed by atoms with van der Waals surface area (Å²) in [6.07, 6.45) is 2.59. The molecule has 0 aliphatic carbocycles. The molecule has 5 rings (SSSR count). The fourth-order valence-corrected chi connectivity index (χ4v) is 4.25. The van der Waals surface area contributed by atoms with Crippen LogP contribution in [-0.2, 0) is 13.0 Å². The fraction of sp³-hybridized carbons (Fsp3) is 0.348. The Labute approximate surface area is 170 Å². The Morgan fingerprint density at radius 1 is 1.00 bits per heavy atom. The lowest BCUT2D eigenvalue weighted by molar-refractivity contribution is 0.0780. The van der Waals surface area contributed by atoms with Crippen LogP contribution in [0.5, 0.6) is 0 Å². The maximum Gasteiger partial charge on any atom is 0.258 e. The number of benzene rings is 1. The minimum atomic E-state index is 0.0998. The topological polar surface area (TPSA) is 52.6 Å². The van der Waals surface area contributed by atoms with Crippen LogP contribution in [0, 0.1) is 0 Å². The van der Waals surface area contributed by atoms with Gasteiger partial charge in [0.2, 0.25) is 0 Å². The van der Waals surface area contributed by atoms with E-state index in [2.05, 4.69) is 40.0 Å². The third kappa shape index (κ3) is 3.44. The molecule has 0 bridgehead atoms. The largest absolute Gasteiger partial charge is 0.368 e. The van der Waals surface area contributed by atoms with Crippen LogP contribution in [0.1, 0.15) is 21.7 Å². The molecule has 3 aromatic rings. The lowest BCUT2D eigenvalue weighted by atomic mass is 10.1. The molecular weight excluding hydrogens is 362 g/mol. The monoisotopic (exact) mass is 387 g/mol. The number of pyridine rings is 2. The second-order valence-corrected chi connectivity index (χ2v) is 7.91. The van der Waals surface area contributed by atoms with Crippen molar-refractivity contribution >= 4 is 22.5 Å². The Kier molecular flexibility index (Phi) is 4.64. The van der Waals surface area contributed by atoms with Crippen molar-refractivity contribution in [2.45, 2.75) is 13.0 Å². The number of aromatic nitrogens is 2. The van der Waals surface area contributed by atoms with Gasteiger partial charge in [-0.2, -0.15) is 0 Å². The van der Waals surface area contributed by atoms with Crippen LogP contribution in [-0.4, -0.2) is 65.4 Å². The number of likely N-dealkylation sites (N-methyl/N-ethyl adjacent to an activating group) is 1. The Bertz CT molecular complexity index is 1060. The van der Waals surface area contributed by atoms with Crippen LogP contribution >= 0.6 is 0 Å². The molecule has 2 aliphatic heterocycles. The Balaban J connectivity index is 1.32. The van der Waals surface area contributed by atoms with Gasteiger partial charge in [0.1, 0.15) is 0 Å². The van der Waals surface area contributed by atoms with Crippen molar-refractivity contribution < 1.29 is 4.79 Å². The first-order valence-corrected chi connectivity index (χ1v) is 10.2. The third-order valence-corrected chi connectivity index (χ3v) is 5.99. The van der Waals surface area contributed by atoms with Crippen LogP contribution in [0.3, 0.4) is 0 Å². The maximum absolute atomic E-state index is 13.2. The number of hydrogen-bond donors (Lipinski definition) is 0. The molecule has 4 heterocycles. The standard InChI is InChI=1S/C23H25N5O/c1-26-12-14-27(15-13-26)21-8-10-24-20-16-28(23(29)22(20)21)11-9-18-7-6-17-4-2-3-5-19(17)25-18/h2-8,10H,9,11-16H2,1H3. The SMILES string of the molecule is CN1CCN(c2ccnc3c2C(=O)N(CCc2ccc4ccccc4n2)C3)CC1. The number of amides is 1. The summed E-state index contributed by atoms with van der Waals surface area (Å²) in [5, 5.41) is 1.14. The van der Waals surface area contributed by atoms with E-state index < -0.39 is 0 Å². The molecule has 2 aromatic heterocycles. The van der Waals surface area contributed by atoms with E-state index in [0.29, 0.717) is 13.1 Å². The van der Waals surface area contributed by atoms with Crippen molar-refractivity contribution in [1.82, 2.24) is 19.8 Å². The molecule has 0 unspecified atom stereocenters. The van der Waals surface area contributed by atoms with Crippen molar-refractivity contribution in [3.05, 3.63) is 65.6 Å². The number of nitrogens with zero attached hydrogens (tertiary/aromatic N) is 5. The average Bonchev–Trinajstić information content (AvgIpc) is 3.08. The second kappa shape index (κ2) is 7.44. The molecule has 6 nitrogen and oxygen atoms in total. The van der Waals surface area contributed by atoms with E-state index in [4.69, 9.17) is 4.98 Å². The highest BCUT2D eigenvalue weighted by atomic mass is 16.2. The van der Waals surface area contributed by atoms with Crippen molar-refractivity contribution in [2.24, 2.45) is 0 Å². The van der Waals surface area contributed by atoms with Gasteiger partial charge >= 0.3 is 0 Å². The number of carbonyl (C=O) groups is 1. The van der Waals surface area contributed by atoms with Crippen molar-refractivity contribution in [2.75, 3.05) is 44.7 Å². The molecule has 1 saturated heterocycles. The lowest BCUT2D eigenvalue weighted by Gasteiger charge is -2.34. The number of rotatable bonds is 4. The number of hydrogen-bond acceptors (Lipinski definition) is 5. The van der Waals surface area contributed by atoms with Gasteiger partial charge in [-0.05, 0) is 25.2 Å². The highest BCUT2D eigenvalue weighted by molar-refractivity contribution is 6.03. The summed E-state index contributed by atoms with van der Waals surface area (Å²) >= 11 is 0. The Morgan fingerprint density at radius 2 is 1.83 bits per heavy atom. The van der Waals surface area contributed by atoms with Gasteiger partial charge in [-0.3, -0.25) is 14.8 Å². The molecule has 29 heavy (non-hydrogen) atoms. The molecule has 2 aliphatic rings. The Morgan fingerprint density at radius 3 is 2.69 bits per heavy atom. The van der Waals surface area contributed by atoms with Gasteiger partial charge in [0.25, 0.3) is 5.91 Å². The highest BCUT2D eigenvalue weighted by Crippen LogP contribution is 2.31. The summed E-state index contributed by atoms with van der Waals surface area (Å²) in [5.41, 5.74) is 4.75. The molecular formula is C23H25N5O. The van der Waals surface area contributed by atoms with Crippen molar-refractivity contribution in [3.63, 3.8) is 0 Å². The molecule has 1 amide bonds. The number of para-hydroxylation sites is 1. The van der Waals surface area contributed by atoms with Crippen LogP contribution in [0.2, 0.25) is 0 Å². The van der Waals surface area contributed by atoms with E-state index in [1.807, 2.05) is 35.4 Å². The lowest BCUT2D eigenvalue weighted by Crippen LogP contribution is -2.45. The van der Waals surface area contributed by atoms with E-state index in [9.17, 15) is 4.79 Å². The molecule has 1 aromatic carbocycles. The first-order chi connectivity index (χ1) is 14.2. The predicted octanol–water partition coefficient (Wildman–Crippen LogP) is 2.58. The first-order valence-electron chi connectivity index (χ1n) is 10.2. The number of anilines is 1. The number of fused-ring (bicyclic) bond motifs is 2. The predicted molar refractivity (Wildman–Crippen MR) is 114 cm³/mol. The number of piperazine rings is 1. The third-order valence-electron chi connectivity index (χ3n) is 5.99. The van der Waals surface area contributed by atoms with Crippen LogP contribution in [0.4, 0.5) is 5.69 Å². The quantitative estimate of drug-likeness (QED) is 0.689. The van der Waals surface area contributed by atoms with Gasteiger partial charge in [-0.1, -0.05) is 24.3 Å². The molecule has 6 heteroatoms. The zero-order valence-electron chi connectivity index (χ0n) is 16.7. The fourth-order valence-electron chi connectivity index (χ4n) is 4.25. The summed E-state index contributed by atoms with van der Waals surface area (Å²) in [5.74, 6) is 0.0998. The molecule has 0 atom stereocenters. The number of carbonyl (C=O) groups excluding carboxylic acids is 1. The zero-order chi connectivity index (χ0) is 19.8. The molecule has 0 saturated carbocycles. The van der Waals surface area contributed by atoms with E-state index in [-0.39, 0.29) is 5.91 Å². The maximum atomic E-state index is 13.2. The Hall–Kier alpha value is -2.99. The van der Waals surface area contributed by atoms with E-state index in [1.54, 1.807) is 0 Å². The molecule has 148 valence electrons. The smallest absolute Gasteiger partial charge is 0.258 e.